The van der Waals surface area contributed by atoms with E-state index in [1.807, 2.05) is 11.8 Å². The van der Waals surface area contributed by atoms with Crippen LogP contribution in [0.3, 0.4) is 0 Å². The van der Waals surface area contributed by atoms with Crippen LogP contribution in [0.5, 0.6) is 0 Å². The lowest BCUT2D eigenvalue weighted by Crippen LogP contribution is -2.47. The smallest absolute Gasteiger partial charge is 0.241 e. The van der Waals surface area contributed by atoms with Crippen molar-refractivity contribution in [2.24, 2.45) is 5.92 Å². The highest BCUT2D eigenvalue weighted by atomic mass is 32.2. The van der Waals surface area contributed by atoms with Crippen molar-refractivity contribution in [1.82, 2.24) is 10.2 Å². The van der Waals surface area contributed by atoms with Gasteiger partial charge in [-0.25, -0.2) is 0 Å². The van der Waals surface area contributed by atoms with Gasteiger partial charge in [-0.15, -0.1) is 0 Å². The predicted molar refractivity (Wildman–Crippen MR) is 82.3 cm³/mol. The summed E-state index contributed by atoms with van der Waals surface area (Å²) in [4.78, 5) is 14.8. The molecule has 2 heterocycles. The largest absolute Gasteiger partial charge is 0.322 e. The zero-order valence-corrected chi connectivity index (χ0v) is 13.3. The van der Waals surface area contributed by atoms with Crippen molar-refractivity contribution in [1.29, 1.82) is 0 Å². The monoisotopic (exact) mass is 284 g/mol. The van der Waals surface area contributed by atoms with Gasteiger partial charge in [0.25, 0.3) is 0 Å². The highest BCUT2D eigenvalue weighted by Gasteiger charge is 2.42. The molecule has 0 saturated carbocycles. The molecular formula is C15H28N2OS. The Hall–Kier alpha value is -0.220. The summed E-state index contributed by atoms with van der Waals surface area (Å²) < 4.78 is 0. The summed E-state index contributed by atoms with van der Waals surface area (Å²) in [6, 6.07) is 0.532. The van der Waals surface area contributed by atoms with Gasteiger partial charge >= 0.3 is 0 Å². The molecule has 1 amide bonds. The standard InChI is InChI=1S/C15H28N2OS/c1-4-6-13-15(18)17(12-7-5-8-19-10-12)14(16-13)9-11(2)3/h11-14,16H,4-10H2,1-3H3. The minimum atomic E-state index is 0.0701. The summed E-state index contributed by atoms with van der Waals surface area (Å²) >= 11 is 2.01. The molecule has 0 aliphatic carbocycles. The third-order valence-electron chi connectivity index (χ3n) is 4.08. The Morgan fingerprint density at radius 1 is 1.47 bits per heavy atom. The van der Waals surface area contributed by atoms with Gasteiger partial charge in [-0.3, -0.25) is 10.1 Å². The molecule has 3 nitrogen and oxygen atoms in total. The van der Waals surface area contributed by atoms with Crippen molar-refractivity contribution in [2.45, 2.75) is 71.1 Å². The molecule has 0 aromatic rings. The maximum absolute atomic E-state index is 12.6. The van der Waals surface area contributed by atoms with Crippen LogP contribution in [-0.2, 0) is 4.79 Å². The topological polar surface area (TPSA) is 32.3 Å². The molecule has 3 unspecified atom stereocenters. The van der Waals surface area contributed by atoms with Crippen molar-refractivity contribution < 1.29 is 4.79 Å². The number of nitrogens with zero attached hydrogens (tertiary/aromatic N) is 1. The summed E-state index contributed by atoms with van der Waals surface area (Å²) in [6.45, 7) is 6.64. The predicted octanol–water partition coefficient (Wildman–Crippen LogP) is 2.85. The molecule has 0 aromatic heterocycles. The molecule has 2 aliphatic rings. The molecule has 1 N–H and O–H groups in total. The highest BCUT2D eigenvalue weighted by Crippen LogP contribution is 2.29. The van der Waals surface area contributed by atoms with E-state index in [0.717, 1.165) is 25.0 Å². The van der Waals surface area contributed by atoms with Gasteiger partial charge in [-0.1, -0.05) is 27.2 Å². The fraction of sp³-hybridized carbons (Fsp3) is 0.933. The van der Waals surface area contributed by atoms with Crippen LogP contribution in [-0.4, -0.2) is 40.6 Å². The third kappa shape index (κ3) is 3.66. The number of rotatable bonds is 5. The van der Waals surface area contributed by atoms with Gasteiger partial charge in [-0.2, -0.15) is 11.8 Å². The quantitative estimate of drug-likeness (QED) is 0.842. The van der Waals surface area contributed by atoms with Crippen LogP contribution in [0.2, 0.25) is 0 Å². The molecule has 2 rings (SSSR count). The fourth-order valence-electron chi connectivity index (χ4n) is 3.22. The van der Waals surface area contributed by atoms with E-state index in [1.165, 1.54) is 18.6 Å². The van der Waals surface area contributed by atoms with E-state index >= 15 is 0 Å². The lowest BCUT2D eigenvalue weighted by Gasteiger charge is -2.35. The number of hydrogen-bond acceptors (Lipinski definition) is 3. The molecule has 2 aliphatic heterocycles. The van der Waals surface area contributed by atoms with Crippen LogP contribution >= 0.6 is 11.8 Å². The first kappa shape index (κ1) is 15.2. The maximum Gasteiger partial charge on any atom is 0.241 e. The maximum atomic E-state index is 12.6. The SMILES string of the molecule is CCCC1NC(CC(C)C)N(C2CCCSC2)C1=O. The molecule has 0 radical (unpaired) electrons. The Morgan fingerprint density at radius 3 is 2.84 bits per heavy atom. The Labute approximate surface area is 121 Å². The van der Waals surface area contributed by atoms with E-state index in [0.29, 0.717) is 17.9 Å². The Kier molecular flexibility index (Phi) is 5.58. The molecule has 2 fully saturated rings. The molecule has 4 heteroatoms. The minimum absolute atomic E-state index is 0.0701. The normalized spacial score (nSPS) is 32.3. The van der Waals surface area contributed by atoms with Crippen LogP contribution in [0, 0.1) is 5.92 Å². The molecule has 0 aromatic carbocycles. The summed E-state index contributed by atoms with van der Waals surface area (Å²) in [5, 5.41) is 3.59. The summed E-state index contributed by atoms with van der Waals surface area (Å²) in [5.41, 5.74) is 0. The van der Waals surface area contributed by atoms with Gasteiger partial charge in [0.15, 0.2) is 0 Å². The summed E-state index contributed by atoms with van der Waals surface area (Å²) in [7, 11) is 0. The number of amides is 1. The average molecular weight is 284 g/mol. The first-order chi connectivity index (χ1) is 9.13. The third-order valence-corrected chi connectivity index (χ3v) is 5.28. The van der Waals surface area contributed by atoms with Gasteiger partial charge in [-0.05, 0) is 37.4 Å². The lowest BCUT2D eigenvalue weighted by molar-refractivity contribution is -0.132. The molecule has 19 heavy (non-hydrogen) atoms. The van der Waals surface area contributed by atoms with E-state index in [1.54, 1.807) is 0 Å². The van der Waals surface area contributed by atoms with Crippen molar-refractivity contribution in [3.05, 3.63) is 0 Å². The average Bonchev–Trinajstić information content (AvgIpc) is 2.67. The van der Waals surface area contributed by atoms with E-state index in [-0.39, 0.29) is 12.2 Å². The molecule has 0 spiro atoms. The van der Waals surface area contributed by atoms with Crippen LogP contribution in [0.1, 0.15) is 52.9 Å². The van der Waals surface area contributed by atoms with Gasteiger partial charge in [0.2, 0.25) is 5.91 Å². The van der Waals surface area contributed by atoms with Crippen LogP contribution in [0.4, 0.5) is 0 Å². The lowest BCUT2D eigenvalue weighted by atomic mass is 10.1. The van der Waals surface area contributed by atoms with Gasteiger partial charge in [0.1, 0.15) is 0 Å². The Morgan fingerprint density at radius 2 is 2.26 bits per heavy atom. The number of carbonyl (C=O) groups excluding carboxylic acids is 1. The molecule has 0 bridgehead atoms. The highest BCUT2D eigenvalue weighted by molar-refractivity contribution is 7.99. The summed E-state index contributed by atoms with van der Waals surface area (Å²) in [6.07, 6.45) is 5.84. The van der Waals surface area contributed by atoms with Gasteiger partial charge in [0, 0.05) is 11.8 Å². The zero-order valence-electron chi connectivity index (χ0n) is 12.5. The first-order valence-corrected chi connectivity index (χ1v) is 8.95. The van der Waals surface area contributed by atoms with Gasteiger partial charge < -0.3 is 4.90 Å². The van der Waals surface area contributed by atoms with E-state index in [4.69, 9.17) is 0 Å². The van der Waals surface area contributed by atoms with Crippen LogP contribution in [0.25, 0.3) is 0 Å². The Balaban J connectivity index is 2.07. The second-order valence-electron chi connectivity index (χ2n) is 6.27. The molecule has 110 valence electrons. The molecular weight excluding hydrogens is 256 g/mol. The zero-order chi connectivity index (χ0) is 13.8. The second kappa shape index (κ2) is 6.98. The molecule has 2 saturated heterocycles. The fourth-order valence-corrected chi connectivity index (χ4v) is 4.36. The number of hydrogen-bond donors (Lipinski definition) is 1. The van der Waals surface area contributed by atoms with E-state index in [2.05, 4.69) is 31.0 Å². The Bertz CT molecular complexity index is 303. The summed E-state index contributed by atoms with van der Waals surface area (Å²) in [5.74, 6) is 3.38. The van der Waals surface area contributed by atoms with Crippen LogP contribution < -0.4 is 5.32 Å². The van der Waals surface area contributed by atoms with Crippen molar-refractivity contribution in [3.8, 4) is 0 Å². The first-order valence-electron chi connectivity index (χ1n) is 7.79. The number of nitrogens with one attached hydrogen (secondary N) is 1. The van der Waals surface area contributed by atoms with E-state index < -0.39 is 0 Å². The second-order valence-corrected chi connectivity index (χ2v) is 7.42. The van der Waals surface area contributed by atoms with E-state index in [9.17, 15) is 4.79 Å². The van der Waals surface area contributed by atoms with Gasteiger partial charge in [0.05, 0.1) is 12.2 Å². The van der Waals surface area contributed by atoms with Crippen molar-refractivity contribution in [2.75, 3.05) is 11.5 Å². The van der Waals surface area contributed by atoms with Crippen molar-refractivity contribution in [3.63, 3.8) is 0 Å². The molecule has 3 atom stereocenters. The minimum Gasteiger partial charge on any atom is -0.322 e. The number of thioether (sulfide) groups is 1. The van der Waals surface area contributed by atoms with Crippen molar-refractivity contribution >= 4 is 17.7 Å². The number of carbonyl (C=O) groups is 1. The van der Waals surface area contributed by atoms with Crippen LogP contribution in [0.15, 0.2) is 0 Å².